The molecule has 1 heterocycles. The molecule has 6 nitrogen and oxygen atoms in total. The minimum absolute atomic E-state index is 0.169. The van der Waals surface area contributed by atoms with Crippen LogP contribution in [0.15, 0.2) is 24.3 Å². The Hall–Kier alpha value is -2.08. The second kappa shape index (κ2) is 7.00. The lowest BCUT2D eigenvalue weighted by molar-refractivity contribution is -0.0321. The number of hydrogen-bond acceptors (Lipinski definition) is 5. The zero-order valence-corrected chi connectivity index (χ0v) is 14.0. The van der Waals surface area contributed by atoms with Gasteiger partial charge in [-0.3, -0.25) is 4.79 Å². The molecule has 23 heavy (non-hydrogen) atoms. The van der Waals surface area contributed by atoms with Gasteiger partial charge in [0.15, 0.2) is 5.78 Å². The molecule has 1 aliphatic rings. The maximum Gasteiger partial charge on any atom is 0.410 e. The summed E-state index contributed by atoms with van der Waals surface area (Å²) in [6.07, 6.45) is -1.12. The first kappa shape index (κ1) is 17.3. The van der Waals surface area contributed by atoms with E-state index in [1.807, 2.05) is 20.8 Å². The number of ketones is 1. The number of hydrogen-bond donors (Lipinski definition) is 0. The first-order chi connectivity index (χ1) is 10.8. The van der Waals surface area contributed by atoms with Crippen LogP contribution in [0.3, 0.4) is 0 Å². The quantitative estimate of drug-likeness (QED) is 0.800. The van der Waals surface area contributed by atoms with Crippen molar-refractivity contribution in [3.8, 4) is 5.75 Å². The molecule has 0 aliphatic carbocycles. The molecule has 0 aromatic heterocycles. The lowest BCUT2D eigenvalue weighted by atomic mass is 10.0. The zero-order valence-electron chi connectivity index (χ0n) is 14.0. The van der Waals surface area contributed by atoms with E-state index in [-0.39, 0.29) is 12.3 Å². The van der Waals surface area contributed by atoms with Crippen LogP contribution in [-0.2, 0) is 9.47 Å². The highest BCUT2D eigenvalue weighted by Gasteiger charge is 2.32. The monoisotopic (exact) mass is 321 g/mol. The average molecular weight is 321 g/mol. The Morgan fingerprint density at radius 1 is 1.30 bits per heavy atom. The molecular weight excluding hydrogens is 298 g/mol. The van der Waals surface area contributed by atoms with Crippen molar-refractivity contribution in [3.63, 3.8) is 0 Å². The third kappa shape index (κ3) is 4.69. The molecule has 1 aromatic carbocycles. The summed E-state index contributed by atoms with van der Waals surface area (Å²) in [6, 6.07) is 6.89. The summed E-state index contributed by atoms with van der Waals surface area (Å²) < 4.78 is 16.0. The third-order valence-electron chi connectivity index (χ3n) is 3.36. The van der Waals surface area contributed by atoms with Crippen LogP contribution < -0.4 is 4.74 Å². The van der Waals surface area contributed by atoms with Crippen molar-refractivity contribution < 1.29 is 23.8 Å². The van der Waals surface area contributed by atoms with Crippen molar-refractivity contribution in [3.05, 3.63) is 29.8 Å². The van der Waals surface area contributed by atoms with Gasteiger partial charge < -0.3 is 19.1 Å². The first-order valence-electron chi connectivity index (χ1n) is 7.58. The molecule has 0 radical (unpaired) electrons. The minimum Gasteiger partial charge on any atom is -0.497 e. The molecule has 2 rings (SSSR count). The van der Waals surface area contributed by atoms with Crippen molar-refractivity contribution in [1.82, 2.24) is 4.90 Å². The Morgan fingerprint density at radius 2 is 2.04 bits per heavy atom. The van der Waals surface area contributed by atoms with E-state index in [0.717, 1.165) is 0 Å². The molecule has 1 aliphatic heterocycles. The predicted octanol–water partition coefficient (Wildman–Crippen LogP) is 2.51. The molecular formula is C17H23NO5. The highest BCUT2D eigenvalue weighted by Crippen LogP contribution is 2.18. The van der Waals surface area contributed by atoms with Gasteiger partial charge in [-0.25, -0.2) is 4.79 Å². The topological polar surface area (TPSA) is 65.1 Å². The number of morpholine rings is 1. The molecule has 1 aromatic rings. The molecule has 1 fully saturated rings. The van der Waals surface area contributed by atoms with E-state index >= 15 is 0 Å². The van der Waals surface area contributed by atoms with Crippen molar-refractivity contribution in [2.24, 2.45) is 0 Å². The Morgan fingerprint density at radius 3 is 2.70 bits per heavy atom. The summed E-state index contributed by atoms with van der Waals surface area (Å²) >= 11 is 0. The SMILES string of the molecule is COc1cccc(C(=O)[C@@H]2CN(C(=O)OC(C)(C)C)CCO2)c1. The minimum atomic E-state index is -0.691. The number of ether oxygens (including phenoxy) is 3. The van der Waals surface area contributed by atoms with Crippen LogP contribution in [0.2, 0.25) is 0 Å². The molecule has 0 bridgehead atoms. The summed E-state index contributed by atoms with van der Waals surface area (Å²) in [7, 11) is 1.55. The Labute approximate surface area is 136 Å². The maximum absolute atomic E-state index is 12.6. The third-order valence-corrected chi connectivity index (χ3v) is 3.36. The highest BCUT2D eigenvalue weighted by atomic mass is 16.6. The zero-order chi connectivity index (χ0) is 17.0. The molecule has 0 spiro atoms. The van der Waals surface area contributed by atoms with Gasteiger partial charge in [0.05, 0.1) is 20.3 Å². The summed E-state index contributed by atoms with van der Waals surface area (Å²) in [4.78, 5) is 26.2. The second-order valence-corrected chi connectivity index (χ2v) is 6.38. The van der Waals surface area contributed by atoms with Crippen molar-refractivity contribution in [2.45, 2.75) is 32.5 Å². The lowest BCUT2D eigenvalue weighted by Gasteiger charge is -2.33. The van der Waals surface area contributed by atoms with Crippen molar-refractivity contribution in [1.29, 1.82) is 0 Å². The van der Waals surface area contributed by atoms with E-state index < -0.39 is 17.8 Å². The van der Waals surface area contributed by atoms with E-state index in [4.69, 9.17) is 14.2 Å². The van der Waals surface area contributed by atoms with Gasteiger partial charge in [-0.2, -0.15) is 0 Å². The summed E-state index contributed by atoms with van der Waals surface area (Å²) in [5.41, 5.74) is -0.0674. The number of carbonyl (C=O) groups is 2. The van der Waals surface area contributed by atoms with Gasteiger partial charge in [0.1, 0.15) is 17.5 Å². The van der Waals surface area contributed by atoms with Crippen LogP contribution in [0.1, 0.15) is 31.1 Å². The van der Waals surface area contributed by atoms with Crippen molar-refractivity contribution in [2.75, 3.05) is 26.8 Å². The van der Waals surface area contributed by atoms with Gasteiger partial charge in [-0.1, -0.05) is 12.1 Å². The lowest BCUT2D eigenvalue weighted by Crippen LogP contribution is -2.49. The normalized spacial score (nSPS) is 18.4. The van der Waals surface area contributed by atoms with Gasteiger partial charge in [-0.15, -0.1) is 0 Å². The van der Waals surface area contributed by atoms with Crippen LogP contribution >= 0.6 is 0 Å². The van der Waals surface area contributed by atoms with E-state index in [0.29, 0.717) is 24.5 Å². The van der Waals surface area contributed by atoms with E-state index in [9.17, 15) is 9.59 Å². The number of amides is 1. The maximum atomic E-state index is 12.6. The molecule has 0 unspecified atom stereocenters. The van der Waals surface area contributed by atoms with Gasteiger partial charge in [0, 0.05) is 12.1 Å². The number of nitrogens with zero attached hydrogens (tertiary/aromatic N) is 1. The fraction of sp³-hybridized carbons (Fsp3) is 0.529. The summed E-state index contributed by atoms with van der Waals surface area (Å²) in [5.74, 6) is 0.438. The molecule has 0 N–H and O–H groups in total. The summed E-state index contributed by atoms with van der Waals surface area (Å²) in [6.45, 7) is 6.33. The van der Waals surface area contributed by atoms with Gasteiger partial charge >= 0.3 is 6.09 Å². The van der Waals surface area contributed by atoms with Crippen LogP contribution in [-0.4, -0.2) is 55.3 Å². The standard InChI is InChI=1S/C17H23NO5/c1-17(2,3)23-16(20)18-8-9-22-14(11-18)15(19)12-6-5-7-13(10-12)21-4/h5-7,10,14H,8-9,11H2,1-4H3/t14-/m0/s1. The molecule has 1 atom stereocenters. The fourth-order valence-electron chi connectivity index (χ4n) is 2.26. The molecule has 1 saturated heterocycles. The number of benzene rings is 1. The first-order valence-corrected chi connectivity index (χ1v) is 7.58. The van der Waals surface area contributed by atoms with Crippen LogP contribution in [0.4, 0.5) is 4.79 Å². The Kier molecular flexibility index (Phi) is 5.26. The molecule has 126 valence electrons. The smallest absolute Gasteiger partial charge is 0.410 e. The Balaban J connectivity index is 2.05. The van der Waals surface area contributed by atoms with E-state index in [2.05, 4.69) is 0 Å². The largest absolute Gasteiger partial charge is 0.497 e. The number of methoxy groups -OCH3 is 1. The molecule has 1 amide bonds. The van der Waals surface area contributed by atoms with Gasteiger partial charge in [0.25, 0.3) is 0 Å². The number of carbonyl (C=O) groups excluding carboxylic acids is 2. The predicted molar refractivity (Wildman–Crippen MR) is 84.9 cm³/mol. The van der Waals surface area contributed by atoms with Crippen LogP contribution in [0.25, 0.3) is 0 Å². The van der Waals surface area contributed by atoms with E-state index in [1.165, 1.54) is 4.90 Å². The van der Waals surface area contributed by atoms with Crippen LogP contribution in [0.5, 0.6) is 5.75 Å². The van der Waals surface area contributed by atoms with Crippen LogP contribution in [0, 0.1) is 0 Å². The van der Waals surface area contributed by atoms with Gasteiger partial charge in [0.2, 0.25) is 0 Å². The summed E-state index contributed by atoms with van der Waals surface area (Å²) in [5, 5.41) is 0. The number of Topliss-reactive ketones (excluding diaryl/α,β-unsaturated/α-hetero) is 1. The Bertz CT molecular complexity index is 579. The second-order valence-electron chi connectivity index (χ2n) is 6.38. The highest BCUT2D eigenvalue weighted by molar-refractivity contribution is 6.00. The van der Waals surface area contributed by atoms with Crippen molar-refractivity contribution >= 4 is 11.9 Å². The molecule has 6 heteroatoms. The fourth-order valence-corrected chi connectivity index (χ4v) is 2.26. The van der Waals surface area contributed by atoms with Gasteiger partial charge in [-0.05, 0) is 32.9 Å². The molecule has 0 saturated carbocycles. The van der Waals surface area contributed by atoms with E-state index in [1.54, 1.807) is 31.4 Å². The average Bonchev–Trinajstić information content (AvgIpc) is 2.52. The number of rotatable bonds is 3.